The molecule has 2 aromatic carbocycles. The van der Waals surface area contributed by atoms with Gasteiger partial charge in [0, 0.05) is 17.2 Å². The van der Waals surface area contributed by atoms with E-state index in [0.29, 0.717) is 24.6 Å². The van der Waals surface area contributed by atoms with Gasteiger partial charge in [0.2, 0.25) is 0 Å². The predicted molar refractivity (Wildman–Crippen MR) is 117 cm³/mol. The van der Waals surface area contributed by atoms with Gasteiger partial charge in [-0.2, -0.15) is 0 Å². The molecule has 0 saturated carbocycles. The summed E-state index contributed by atoms with van der Waals surface area (Å²) < 4.78 is 24.8. The maximum atomic E-state index is 13.7. The van der Waals surface area contributed by atoms with Crippen LogP contribution in [0.2, 0.25) is 0 Å². The van der Waals surface area contributed by atoms with Crippen molar-refractivity contribution >= 4 is 5.91 Å². The number of carbonyl (C=O) groups excluding carboxylic acids is 1. The number of quaternary nitrogens is 1. The third-order valence-electron chi connectivity index (χ3n) is 5.26. The van der Waals surface area contributed by atoms with Crippen LogP contribution in [-0.2, 0) is 19.6 Å². The van der Waals surface area contributed by atoms with Crippen LogP contribution in [0.1, 0.15) is 47.7 Å². The summed E-state index contributed by atoms with van der Waals surface area (Å²) in [5.41, 5.74) is 2.04. The van der Waals surface area contributed by atoms with E-state index in [-0.39, 0.29) is 17.8 Å². The van der Waals surface area contributed by atoms with Crippen LogP contribution in [0, 0.1) is 5.82 Å². The van der Waals surface area contributed by atoms with Crippen molar-refractivity contribution in [2.75, 3.05) is 7.11 Å². The number of rotatable bonds is 10. The Morgan fingerprint density at radius 2 is 1.81 bits per heavy atom. The van der Waals surface area contributed by atoms with Gasteiger partial charge in [0.05, 0.1) is 7.11 Å². The minimum Gasteiger partial charge on any atom is -0.497 e. The van der Waals surface area contributed by atoms with Crippen molar-refractivity contribution in [3.05, 3.63) is 89.1 Å². The monoisotopic (exact) mass is 425 g/mol. The van der Waals surface area contributed by atoms with Gasteiger partial charge in [0.15, 0.2) is 11.5 Å². The lowest BCUT2D eigenvalue weighted by atomic mass is 10.1. The fourth-order valence-corrected chi connectivity index (χ4v) is 3.39. The number of benzene rings is 2. The van der Waals surface area contributed by atoms with E-state index in [1.165, 1.54) is 11.0 Å². The number of halogens is 1. The zero-order valence-electron chi connectivity index (χ0n) is 18.3. The molecule has 2 N–H and O–H groups in total. The normalized spacial score (nSPS) is 12.9. The van der Waals surface area contributed by atoms with Crippen LogP contribution in [0.3, 0.4) is 0 Å². The molecular weight excluding hydrogens is 395 g/mol. The summed E-state index contributed by atoms with van der Waals surface area (Å²) in [5, 5.41) is 2.92. The summed E-state index contributed by atoms with van der Waals surface area (Å²) in [6.07, 6.45) is 0.854. The molecule has 0 aliphatic heterocycles. The molecule has 1 amide bonds. The zero-order chi connectivity index (χ0) is 22.2. The number of amides is 1. The molecule has 3 aromatic rings. The SMILES string of the molecule is CC[C@@H](C)NC(=O)c1ccc(C[NH+](Cc2ccc(OC)cc2)Cc2cccc(F)c2)o1. The molecule has 0 spiro atoms. The Hall–Kier alpha value is -3.12. The van der Waals surface area contributed by atoms with Crippen molar-refractivity contribution in [2.24, 2.45) is 0 Å². The Balaban J connectivity index is 1.75. The van der Waals surface area contributed by atoms with Crippen molar-refractivity contribution in [1.29, 1.82) is 0 Å². The Kier molecular flexibility index (Phi) is 7.84. The molecule has 5 nitrogen and oxygen atoms in total. The van der Waals surface area contributed by atoms with Crippen molar-refractivity contribution in [3.63, 3.8) is 0 Å². The van der Waals surface area contributed by atoms with E-state index in [9.17, 15) is 9.18 Å². The van der Waals surface area contributed by atoms with Crippen molar-refractivity contribution in [2.45, 2.75) is 45.9 Å². The molecule has 6 heteroatoms. The zero-order valence-corrected chi connectivity index (χ0v) is 18.3. The molecule has 1 aromatic heterocycles. The highest BCUT2D eigenvalue weighted by Gasteiger charge is 2.18. The number of carbonyl (C=O) groups is 1. The number of methoxy groups -OCH3 is 1. The third-order valence-corrected chi connectivity index (χ3v) is 5.26. The quantitative estimate of drug-likeness (QED) is 0.520. The maximum Gasteiger partial charge on any atom is 0.287 e. The molecule has 0 bridgehead atoms. The molecule has 1 heterocycles. The highest BCUT2D eigenvalue weighted by atomic mass is 19.1. The van der Waals surface area contributed by atoms with E-state index >= 15 is 0 Å². The van der Waals surface area contributed by atoms with Gasteiger partial charge < -0.3 is 19.4 Å². The standard InChI is InChI=1S/C25H29FN2O3/c1-4-18(2)27-25(29)24-13-12-23(31-24)17-28(16-20-6-5-7-21(26)14-20)15-19-8-10-22(30-3)11-9-19/h5-14,18H,4,15-17H2,1-3H3,(H,27,29)/p+1/t18-/m1/s1. The first-order valence-corrected chi connectivity index (χ1v) is 10.6. The van der Waals surface area contributed by atoms with Crippen LogP contribution < -0.4 is 15.0 Å². The van der Waals surface area contributed by atoms with Crippen LogP contribution in [0.5, 0.6) is 5.75 Å². The Morgan fingerprint density at radius 3 is 2.48 bits per heavy atom. The van der Waals surface area contributed by atoms with E-state index in [0.717, 1.165) is 29.8 Å². The van der Waals surface area contributed by atoms with E-state index < -0.39 is 0 Å². The summed E-state index contributed by atoms with van der Waals surface area (Å²) in [7, 11) is 1.64. The molecule has 31 heavy (non-hydrogen) atoms. The van der Waals surface area contributed by atoms with Gasteiger partial charge in [-0.3, -0.25) is 4.79 Å². The number of hydrogen-bond acceptors (Lipinski definition) is 3. The summed E-state index contributed by atoms with van der Waals surface area (Å²) in [6, 6.07) is 18.2. The Bertz CT molecular complexity index is 984. The third kappa shape index (κ3) is 6.69. The lowest BCUT2D eigenvalue weighted by molar-refractivity contribution is -0.942. The molecule has 0 saturated heterocycles. The van der Waals surface area contributed by atoms with Crippen molar-refractivity contribution < 1.29 is 23.2 Å². The minimum atomic E-state index is -0.247. The molecule has 0 fully saturated rings. The molecular formula is C25H30FN2O3+. The first kappa shape index (κ1) is 22.6. The first-order chi connectivity index (χ1) is 15.0. The number of furan rings is 1. The second kappa shape index (κ2) is 10.8. The van der Waals surface area contributed by atoms with Gasteiger partial charge in [0.25, 0.3) is 5.91 Å². The van der Waals surface area contributed by atoms with Gasteiger partial charge in [-0.25, -0.2) is 4.39 Å². The summed E-state index contributed by atoms with van der Waals surface area (Å²) in [6.45, 7) is 5.89. The predicted octanol–water partition coefficient (Wildman–Crippen LogP) is 3.74. The molecule has 0 aliphatic carbocycles. The average molecular weight is 426 g/mol. The maximum absolute atomic E-state index is 13.7. The van der Waals surface area contributed by atoms with Crippen LogP contribution >= 0.6 is 0 Å². The first-order valence-electron chi connectivity index (χ1n) is 10.6. The topological polar surface area (TPSA) is 55.9 Å². The van der Waals surface area contributed by atoms with Crippen LogP contribution in [0.25, 0.3) is 0 Å². The van der Waals surface area contributed by atoms with E-state index in [4.69, 9.17) is 9.15 Å². The highest BCUT2D eigenvalue weighted by Crippen LogP contribution is 2.12. The number of nitrogens with one attached hydrogen (secondary N) is 2. The molecule has 1 unspecified atom stereocenters. The fourth-order valence-electron chi connectivity index (χ4n) is 3.39. The fraction of sp³-hybridized carbons (Fsp3) is 0.320. The van der Waals surface area contributed by atoms with Gasteiger partial charge >= 0.3 is 0 Å². The summed E-state index contributed by atoms with van der Waals surface area (Å²) in [4.78, 5) is 13.5. The number of hydrogen-bond donors (Lipinski definition) is 2. The smallest absolute Gasteiger partial charge is 0.287 e. The van der Waals surface area contributed by atoms with Crippen LogP contribution in [0.4, 0.5) is 4.39 Å². The minimum absolute atomic E-state index is 0.0891. The molecule has 3 rings (SSSR count). The lowest BCUT2D eigenvalue weighted by Gasteiger charge is -2.19. The van der Waals surface area contributed by atoms with E-state index in [1.54, 1.807) is 25.3 Å². The highest BCUT2D eigenvalue weighted by molar-refractivity contribution is 5.91. The summed E-state index contributed by atoms with van der Waals surface area (Å²) >= 11 is 0. The van der Waals surface area contributed by atoms with E-state index in [1.807, 2.05) is 50.2 Å². The van der Waals surface area contributed by atoms with Gasteiger partial charge in [-0.05, 0) is 61.9 Å². The largest absolute Gasteiger partial charge is 0.497 e. The van der Waals surface area contributed by atoms with Gasteiger partial charge in [-0.1, -0.05) is 19.1 Å². The van der Waals surface area contributed by atoms with Crippen molar-refractivity contribution in [3.8, 4) is 5.75 Å². The summed E-state index contributed by atoms with van der Waals surface area (Å²) in [5.74, 6) is 1.38. The molecule has 2 atom stereocenters. The molecule has 0 radical (unpaired) electrons. The van der Waals surface area contributed by atoms with E-state index in [2.05, 4.69) is 5.32 Å². The van der Waals surface area contributed by atoms with Gasteiger partial charge in [-0.15, -0.1) is 0 Å². The number of ether oxygens (including phenoxy) is 1. The Labute approximate surface area is 182 Å². The second-order valence-electron chi connectivity index (χ2n) is 7.81. The van der Waals surface area contributed by atoms with Crippen molar-refractivity contribution in [1.82, 2.24) is 5.32 Å². The lowest BCUT2D eigenvalue weighted by Crippen LogP contribution is -3.08. The van der Waals surface area contributed by atoms with Crippen LogP contribution in [0.15, 0.2) is 65.1 Å². The molecule has 164 valence electrons. The second-order valence-corrected chi connectivity index (χ2v) is 7.81. The average Bonchev–Trinajstić information content (AvgIpc) is 3.23. The Morgan fingerprint density at radius 1 is 1.06 bits per heavy atom. The molecule has 0 aliphatic rings. The van der Waals surface area contributed by atoms with Gasteiger partial charge in [0.1, 0.15) is 31.2 Å². The van der Waals surface area contributed by atoms with Crippen LogP contribution in [-0.4, -0.2) is 19.1 Å².